The molecule has 27 heavy (non-hydrogen) atoms. The molecule has 0 saturated carbocycles. The zero-order valence-corrected chi connectivity index (χ0v) is 16.2. The predicted molar refractivity (Wildman–Crippen MR) is 102 cm³/mol. The van der Waals surface area contributed by atoms with E-state index < -0.39 is 0 Å². The first-order valence-electron chi connectivity index (χ1n) is 9.85. The Morgan fingerprint density at radius 1 is 1.30 bits per heavy atom. The topological polar surface area (TPSA) is 70.1 Å². The predicted octanol–water partition coefficient (Wildman–Crippen LogP) is 1.85. The highest BCUT2D eigenvalue weighted by atomic mass is 16.5. The molecule has 1 atom stereocenters. The number of piperidine rings is 2. The van der Waals surface area contributed by atoms with Crippen LogP contribution in [-0.4, -0.2) is 66.6 Å². The summed E-state index contributed by atoms with van der Waals surface area (Å²) in [5.41, 5.74) is 1.10. The average Bonchev–Trinajstić information content (AvgIpc) is 2.69. The van der Waals surface area contributed by atoms with Crippen molar-refractivity contribution in [1.29, 1.82) is 0 Å². The van der Waals surface area contributed by atoms with Crippen molar-refractivity contribution < 1.29 is 19.4 Å². The molecular formula is C21H30N2O4. The van der Waals surface area contributed by atoms with Gasteiger partial charge in [0.05, 0.1) is 13.7 Å². The highest BCUT2D eigenvalue weighted by Crippen LogP contribution is 2.39. The number of rotatable bonds is 6. The van der Waals surface area contributed by atoms with E-state index in [9.17, 15) is 14.7 Å². The number of aliphatic hydroxyl groups excluding tert-OH is 1. The third kappa shape index (κ3) is 4.80. The van der Waals surface area contributed by atoms with Crippen LogP contribution in [0.2, 0.25) is 0 Å². The van der Waals surface area contributed by atoms with Crippen molar-refractivity contribution >= 4 is 11.8 Å². The molecule has 2 fully saturated rings. The normalized spacial score (nSPS) is 23.0. The maximum absolute atomic E-state index is 12.8. The van der Waals surface area contributed by atoms with E-state index in [1.54, 1.807) is 12.0 Å². The summed E-state index contributed by atoms with van der Waals surface area (Å²) >= 11 is 0. The Morgan fingerprint density at radius 2 is 2.15 bits per heavy atom. The number of nitrogens with zero attached hydrogens (tertiary/aromatic N) is 2. The van der Waals surface area contributed by atoms with Crippen LogP contribution in [0, 0.1) is 5.41 Å². The summed E-state index contributed by atoms with van der Waals surface area (Å²) in [7, 11) is 1.65. The number of aryl methyl sites for hydroxylation is 1. The number of methoxy groups -OCH3 is 1. The van der Waals surface area contributed by atoms with Crippen molar-refractivity contribution in [1.82, 2.24) is 9.80 Å². The van der Waals surface area contributed by atoms with Gasteiger partial charge in [-0.1, -0.05) is 12.1 Å². The number of carbonyl (C=O) groups is 2. The van der Waals surface area contributed by atoms with Crippen molar-refractivity contribution in [3.05, 3.63) is 29.8 Å². The minimum Gasteiger partial charge on any atom is -0.497 e. The maximum atomic E-state index is 12.8. The number of likely N-dealkylation sites (tertiary alicyclic amines) is 2. The molecule has 2 aliphatic rings. The Morgan fingerprint density at radius 3 is 2.93 bits per heavy atom. The Bertz CT molecular complexity index is 678. The van der Waals surface area contributed by atoms with Crippen LogP contribution < -0.4 is 4.74 Å². The molecule has 1 unspecified atom stereocenters. The standard InChI is InChI=1S/C21H30N2O4/c1-27-18-5-2-4-17(14-18)6-7-19(25)22-11-3-9-21(15-22)10-8-20(26)23(16-21)12-13-24/h2,4-5,14,24H,3,6-13,15-16H2,1H3. The fourth-order valence-electron chi connectivity index (χ4n) is 4.42. The van der Waals surface area contributed by atoms with Crippen LogP contribution in [0.5, 0.6) is 5.75 Å². The van der Waals surface area contributed by atoms with Gasteiger partial charge in [0.1, 0.15) is 5.75 Å². The van der Waals surface area contributed by atoms with Crippen molar-refractivity contribution in [2.45, 2.75) is 38.5 Å². The molecule has 2 heterocycles. The molecule has 0 aromatic heterocycles. The summed E-state index contributed by atoms with van der Waals surface area (Å²) < 4.78 is 5.25. The molecule has 0 radical (unpaired) electrons. The summed E-state index contributed by atoms with van der Waals surface area (Å²) in [5, 5.41) is 9.21. The van der Waals surface area contributed by atoms with Crippen LogP contribution in [0.25, 0.3) is 0 Å². The number of ether oxygens (including phenoxy) is 1. The summed E-state index contributed by atoms with van der Waals surface area (Å²) in [6.45, 7) is 2.56. The van der Waals surface area contributed by atoms with Gasteiger partial charge in [0.25, 0.3) is 0 Å². The van der Waals surface area contributed by atoms with Gasteiger partial charge in [-0.15, -0.1) is 0 Å². The average molecular weight is 374 g/mol. The van der Waals surface area contributed by atoms with E-state index in [2.05, 4.69) is 0 Å². The smallest absolute Gasteiger partial charge is 0.222 e. The van der Waals surface area contributed by atoms with Crippen molar-refractivity contribution in [3.8, 4) is 5.75 Å². The van der Waals surface area contributed by atoms with Gasteiger partial charge >= 0.3 is 0 Å². The second-order valence-electron chi connectivity index (χ2n) is 7.81. The minimum atomic E-state index is -0.00893. The van der Waals surface area contributed by atoms with Gasteiger partial charge in [0, 0.05) is 44.4 Å². The Labute approximate surface area is 161 Å². The van der Waals surface area contributed by atoms with E-state index in [0.717, 1.165) is 43.7 Å². The second-order valence-corrected chi connectivity index (χ2v) is 7.81. The third-order valence-corrected chi connectivity index (χ3v) is 5.89. The largest absolute Gasteiger partial charge is 0.497 e. The van der Waals surface area contributed by atoms with E-state index >= 15 is 0 Å². The van der Waals surface area contributed by atoms with E-state index in [0.29, 0.717) is 32.4 Å². The fraction of sp³-hybridized carbons (Fsp3) is 0.619. The molecule has 1 N–H and O–H groups in total. The minimum absolute atomic E-state index is 0.00699. The lowest BCUT2D eigenvalue weighted by Gasteiger charge is -2.48. The number of benzene rings is 1. The van der Waals surface area contributed by atoms with Crippen LogP contribution >= 0.6 is 0 Å². The zero-order chi connectivity index (χ0) is 19.3. The highest BCUT2D eigenvalue weighted by Gasteiger charge is 2.42. The number of β-amino-alcohol motifs (C(OH)–C–C–N with tert-alkyl or cyclic N) is 1. The van der Waals surface area contributed by atoms with Crippen molar-refractivity contribution in [3.63, 3.8) is 0 Å². The first-order valence-corrected chi connectivity index (χ1v) is 9.85. The molecular weight excluding hydrogens is 344 g/mol. The SMILES string of the molecule is COc1cccc(CCC(=O)N2CCCC3(CCC(=O)N(CCO)C3)C2)c1. The first kappa shape index (κ1) is 19.7. The van der Waals surface area contributed by atoms with E-state index in [1.165, 1.54) is 0 Å². The third-order valence-electron chi connectivity index (χ3n) is 5.89. The van der Waals surface area contributed by atoms with Gasteiger partial charge in [-0.25, -0.2) is 0 Å². The highest BCUT2D eigenvalue weighted by molar-refractivity contribution is 5.78. The number of carbonyl (C=O) groups excluding carboxylic acids is 2. The Balaban J connectivity index is 1.58. The van der Waals surface area contributed by atoms with Gasteiger partial charge < -0.3 is 19.6 Å². The molecule has 6 nitrogen and oxygen atoms in total. The monoisotopic (exact) mass is 374 g/mol. The number of amides is 2. The second kappa shape index (κ2) is 8.74. The molecule has 1 aromatic carbocycles. The molecule has 3 rings (SSSR count). The maximum Gasteiger partial charge on any atom is 0.222 e. The van der Waals surface area contributed by atoms with E-state index in [4.69, 9.17) is 4.74 Å². The lowest BCUT2D eigenvalue weighted by Crippen LogP contribution is -2.55. The van der Waals surface area contributed by atoms with Crippen LogP contribution in [0.4, 0.5) is 0 Å². The quantitative estimate of drug-likeness (QED) is 0.825. The van der Waals surface area contributed by atoms with Crippen LogP contribution in [0.1, 0.15) is 37.7 Å². The van der Waals surface area contributed by atoms with Crippen molar-refractivity contribution in [2.75, 3.05) is 39.9 Å². The molecule has 2 aliphatic heterocycles. The van der Waals surface area contributed by atoms with Gasteiger partial charge in [-0.3, -0.25) is 9.59 Å². The lowest BCUT2D eigenvalue weighted by atomic mass is 9.73. The van der Waals surface area contributed by atoms with Gasteiger partial charge in [0.15, 0.2) is 0 Å². The Hall–Kier alpha value is -2.08. The first-order chi connectivity index (χ1) is 13.0. The zero-order valence-electron chi connectivity index (χ0n) is 16.2. The lowest BCUT2D eigenvalue weighted by molar-refractivity contribution is -0.143. The van der Waals surface area contributed by atoms with Crippen molar-refractivity contribution in [2.24, 2.45) is 5.41 Å². The van der Waals surface area contributed by atoms with E-state index in [1.807, 2.05) is 29.2 Å². The van der Waals surface area contributed by atoms with Crippen LogP contribution in [0.15, 0.2) is 24.3 Å². The van der Waals surface area contributed by atoms with Gasteiger partial charge in [0.2, 0.25) is 11.8 Å². The number of aliphatic hydroxyl groups is 1. The Kier molecular flexibility index (Phi) is 6.37. The molecule has 0 aliphatic carbocycles. The van der Waals surface area contributed by atoms with Gasteiger partial charge in [-0.2, -0.15) is 0 Å². The van der Waals surface area contributed by atoms with Crippen LogP contribution in [-0.2, 0) is 16.0 Å². The van der Waals surface area contributed by atoms with Crippen LogP contribution in [0.3, 0.4) is 0 Å². The number of hydrogen-bond donors (Lipinski definition) is 1. The summed E-state index contributed by atoms with van der Waals surface area (Å²) in [5.74, 6) is 1.12. The summed E-state index contributed by atoms with van der Waals surface area (Å²) in [6, 6.07) is 7.85. The van der Waals surface area contributed by atoms with Gasteiger partial charge in [-0.05, 0) is 43.4 Å². The summed E-state index contributed by atoms with van der Waals surface area (Å²) in [6.07, 6.45) is 4.57. The number of hydrogen-bond acceptors (Lipinski definition) is 4. The summed E-state index contributed by atoms with van der Waals surface area (Å²) in [4.78, 5) is 28.6. The molecule has 1 spiro atoms. The molecule has 6 heteroatoms. The molecule has 1 aromatic rings. The molecule has 2 amide bonds. The molecule has 148 valence electrons. The fourth-order valence-corrected chi connectivity index (χ4v) is 4.42. The molecule has 0 bridgehead atoms. The van der Waals surface area contributed by atoms with E-state index in [-0.39, 0.29) is 23.8 Å². The molecule has 2 saturated heterocycles.